The van der Waals surface area contributed by atoms with Crippen molar-refractivity contribution < 1.29 is 4.79 Å². The van der Waals surface area contributed by atoms with E-state index in [1.807, 2.05) is 24.3 Å². The monoisotopic (exact) mass is 278 g/mol. The van der Waals surface area contributed by atoms with Gasteiger partial charge in [0.25, 0.3) is 0 Å². The molecule has 1 nitrogen and oxygen atoms in total. The summed E-state index contributed by atoms with van der Waals surface area (Å²) in [6.45, 7) is 0. The zero-order chi connectivity index (χ0) is 14.5. The maximum Gasteiger partial charge on any atom is 0.143 e. The van der Waals surface area contributed by atoms with Crippen LogP contribution in [0.15, 0.2) is 60.7 Å². The molecule has 0 spiro atoms. The summed E-state index contributed by atoms with van der Waals surface area (Å²) in [6.07, 6.45) is 5.89. The lowest BCUT2D eigenvalue weighted by atomic mass is 9.74. The third kappa shape index (κ3) is 2.92. The van der Waals surface area contributed by atoms with Crippen LogP contribution in [0.2, 0.25) is 0 Å². The normalized spacial score (nSPS) is 16.8. The van der Waals surface area contributed by atoms with Gasteiger partial charge in [-0.2, -0.15) is 0 Å². The molecule has 0 aromatic heterocycles. The van der Waals surface area contributed by atoms with Crippen LogP contribution in [0.3, 0.4) is 0 Å². The third-order valence-electron chi connectivity index (χ3n) is 4.80. The fourth-order valence-corrected chi connectivity index (χ4v) is 3.61. The van der Waals surface area contributed by atoms with Crippen LogP contribution in [-0.4, -0.2) is 5.78 Å². The van der Waals surface area contributed by atoms with Gasteiger partial charge in [0.2, 0.25) is 0 Å². The second-order valence-corrected chi connectivity index (χ2v) is 6.06. The number of hydrogen-bond donors (Lipinski definition) is 0. The minimum atomic E-state index is -0.212. The molecule has 0 amide bonds. The van der Waals surface area contributed by atoms with E-state index in [1.165, 1.54) is 24.0 Å². The highest BCUT2D eigenvalue weighted by molar-refractivity contribution is 5.90. The highest BCUT2D eigenvalue weighted by atomic mass is 16.1. The van der Waals surface area contributed by atoms with Gasteiger partial charge in [-0.1, -0.05) is 73.5 Å². The molecule has 1 heteroatoms. The SMILES string of the molecule is O=C(CCc1ccccc1)C1(c2ccccc2)CCCC1. The van der Waals surface area contributed by atoms with Gasteiger partial charge in [0.1, 0.15) is 5.78 Å². The van der Waals surface area contributed by atoms with Crippen LogP contribution in [0, 0.1) is 0 Å². The lowest BCUT2D eigenvalue weighted by Crippen LogP contribution is -2.33. The van der Waals surface area contributed by atoms with E-state index < -0.39 is 0 Å². The van der Waals surface area contributed by atoms with Gasteiger partial charge in [-0.25, -0.2) is 0 Å². The summed E-state index contributed by atoms with van der Waals surface area (Å²) in [4.78, 5) is 12.9. The average molecular weight is 278 g/mol. The zero-order valence-corrected chi connectivity index (χ0v) is 12.4. The van der Waals surface area contributed by atoms with Crippen LogP contribution in [0.4, 0.5) is 0 Å². The first kappa shape index (κ1) is 14.1. The minimum Gasteiger partial charge on any atom is -0.299 e. The second kappa shape index (κ2) is 6.26. The van der Waals surface area contributed by atoms with Crippen molar-refractivity contribution in [3.05, 3.63) is 71.8 Å². The van der Waals surface area contributed by atoms with Gasteiger partial charge in [0.15, 0.2) is 0 Å². The molecule has 2 aromatic rings. The fraction of sp³-hybridized carbons (Fsp3) is 0.350. The Bertz CT molecular complexity index is 580. The molecular weight excluding hydrogens is 256 g/mol. The molecule has 21 heavy (non-hydrogen) atoms. The number of carbonyl (C=O) groups excluding carboxylic acids is 1. The molecule has 0 unspecified atom stereocenters. The number of aryl methyl sites for hydroxylation is 1. The van der Waals surface area contributed by atoms with E-state index in [0.29, 0.717) is 12.2 Å². The molecule has 1 saturated carbocycles. The van der Waals surface area contributed by atoms with Crippen molar-refractivity contribution in [2.24, 2.45) is 0 Å². The number of benzene rings is 2. The van der Waals surface area contributed by atoms with E-state index in [9.17, 15) is 4.79 Å². The first-order valence-electron chi connectivity index (χ1n) is 7.94. The largest absolute Gasteiger partial charge is 0.299 e. The van der Waals surface area contributed by atoms with Crippen LogP contribution < -0.4 is 0 Å². The Morgan fingerprint density at radius 2 is 1.43 bits per heavy atom. The van der Waals surface area contributed by atoms with Gasteiger partial charge in [-0.3, -0.25) is 4.79 Å². The Morgan fingerprint density at radius 1 is 0.857 bits per heavy atom. The molecule has 108 valence electrons. The Labute approximate surface area is 127 Å². The molecule has 0 atom stereocenters. The van der Waals surface area contributed by atoms with Gasteiger partial charge in [-0.15, -0.1) is 0 Å². The molecule has 0 saturated heterocycles. The van der Waals surface area contributed by atoms with Crippen molar-refractivity contribution in [3.63, 3.8) is 0 Å². The Morgan fingerprint density at radius 3 is 2.05 bits per heavy atom. The Kier molecular flexibility index (Phi) is 4.19. The van der Waals surface area contributed by atoms with E-state index in [4.69, 9.17) is 0 Å². The van der Waals surface area contributed by atoms with Gasteiger partial charge in [-0.05, 0) is 30.4 Å². The number of Topliss-reactive ketones (excluding diaryl/α,β-unsaturated/α-hetero) is 1. The number of ketones is 1. The molecule has 0 N–H and O–H groups in total. The summed E-state index contributed by atoms with van der Waals surface area (Å²) in [5, 5.41) is 0. The summed E-state index contributed by atoms with van der Waals surface area (Å²) < 4.78 is 0. The fourth-order valence-electron chi connectivity index (χ4n) is 3.61. The molecule has 0 aliphatic heterocycles. The van der Waals surface area contributed by atoms with Crippen molar-refractivity contribution in [1.29, 1.82) is 0 Å². The summed E-state index contributed by atoms with van der Waals surface area (Å²) in [5.74, 6) is 0.426. The third-order valence-corrected chi connectivity index (χ3v) is 4.80. The molecule has 1 aliphatic carbocycles. The number of hydrogen-bond acceptors (Lipinski definition) is 1. The van der Waals surface area contributed by atoms with E-state index in [-0.39, 0.29) is 5.41 Å². The molecular formula is C20H22O. The lowest BCUT2D eigenvalue weighted by molar-refractivity contribution is -0.124. The van der Waals surface area contributed by atoms with Crippen LogP contribution in [0.25, 0.3) is 0 Å². The lowest BCUT2D eigenvalue weighted by Gasteiger charge is -2.28. The van der Waals surface area contributed by atoms with Gasteiger partial charge >= 0.3 is 0 Å². The molecule has 0 bridgehead atoms. The highest BCUT2D eigenvalue weighted by Gasteiger charge is 2.41. The van der Waals surface area contributed by atoms with Gasteiger partial charge in [0, 0.05) is 6.42 Å². The maximum absolute atomic E-state index is 12.9. The second-order valence-electron chi connectivity index (χ2n) is 6.06. The highest BCUT2D eigenvalue weighted by Crippen LogP contribution is 2.42. The molecule has 0 heterocycles. The molecule has 3 rings (SSSR count). The molecule has 1 aliphatic rings. The van der Waals surface area contributed by atoms with Gasteiger partial charge in [0.05, 0.1) is 5.41 Å². The van der Waals surface area contributed by atoms with Crippen molar-refractivity contribution in [2.45, 2.75) is 43.9 Å². The summed E-state index contributed by atoms with van der Waals surface area (Å²) in [6, 6.07) is 20.7. The Hall–Kier alpha value is -1.89. The first-order chi connectivity index (χ1) is 10.3. The predicted molar refractivity (Wildman–Crippen MR) is 86.4 cm³/mol. The predicted octanol–water partition coefficient (Wildman–Crippen LogP) is 4.70. The van der Waals surface area contributed by atoms with Crippen molar-refractivity contribution in [1.82, 2.24) is 0 Å². The van der Waals surface area contributed by atoms with Crippen molar-refractivity contribution in [2.75, 3.05) is 0 Å². The topological polar surface area (TPSA) is 17.1 Å². The smallest absolute Gasteiger partial charge is 0.143 e. The van der Waals surface area contributed by atoms with Crippen LogP contribution in [-0.2, 0) is 16.6 Å². The Balaban J connectivity index is 1.77. The summed E-state index contributed by atoms with van der Waals surface area (Å²) in [5.41, 5.74) is 2.27. The molecule has 0 radical (unpaired) electrons. The standard InChI is InChI=1S/C20H22O/c21-19(14-13-17-9-3-1-4-10-17)20(15-7-8-16-20)18-11-5-2-6-12-18/h1-6,9-12H,7-8,13-16H2. The summed E-state index contributed by atoms with van der Waals surface area (Å²) >= 11 is 0. The van der Waals surface area contributed by atoms with E-state index in [2.05, 4.69) is 36.4 Å². The van der Waals surface area contributed by atoms with Crippen LogP contribution in [0.1, 0.15) is 43.2 Å². The van der Waals surface area contributed by atoms with E-state index in [1.54, 1.807) is 0 Å². The van der Waals surface area contributed by atoms with Gasteiger partial charge < -0.3 is 0 Å². The molecule has 2 aromatic carbocycles. The summed E-state index contributed by atoms with van der Waals surface area (Å²) in [7, 11) is 0. The number of rotatable bonds is 5. The van der Waals surface area contributed by atoms with Crippen molar-refractivity contribution in [3.8, 4) is 0 Å². The quantitative estimate of drug-likeness (QED) is 0.774. The zero-order valence-electron chi connectivity index (χ0n) is 12.4. The van der Waals surface area contributed by atoms with E-state index in [0.717, 1.165) is 19.3 Å². The average Bonchev–Trinajstić information content (AvgIpc) is 3.05. The van der Waals surface area contributed by atoms with Crippen molar-refractivity contribution >= 4 is 5.78 Å². The van der Waals surface area contributed by atoms with Crippen LogP contribution >= 0.6 is 0 Å². The molecule has 1 fully saturated rings. The maximum atomic E-state index is 12.9. The first-order valence-corrected chi connectivity index (χ1v) is 7.94. The van der Waals surface area contributed by atoms with E-state index >= 15 is 0 Å². The van der Waals surface area contributed by atoms with Crippen LogP contribution in [0.5, 0.6) is 0 Å². The number of carbonyl (C=O) groups is 1. The minimum absolute atomic E-state index is 0.212.